The third kappa shape index (κ3) is 2.92. The zero-order valence-electron chi connectivity index (χ0n) is 12.6. The Morgan fingerprint density at radius 2 is 1.64 bits per heavy atom. The Balaban J connectivity index is 1.96. The van der Waals surface area contributed by atoms with Crippen molar-refractivity contribution in [3.05, 3.63) is 71.3 Å². The van der Waals surface area contributed by atoms with Gasteiger partial charge >= 0.3 is 0 Å². The molecule has 0 N–H and O–H groups in total. The van der Waals surface area contributed by atoms with Crippen LogP contribution in [0.2, 0.25) is 0 Å². The molecule has 2 aromatic carbocycles. The van der Waals surface area contributed by atoms with Gasteiger partial charge in [0, 0.05) is 18.4 Å². The second-order valence-corrected chi connectivity index (χ2v) is 7.55. The second kappa shape index (κ2) is 5.97. The fourth-order valence-electron chi connectivity index (χ4n) is 2.62. The summed E-state index contributed by atoms with van der Waals surface area (Å²) in [6.07, 6.45) is 3.22. The SMILES string of the molecule is Cc1ccc(S(=O)(=O)C2=CN(c3ccccc3)CCC2)cc1. The molecule has 0 saturated carbocycles. The van der Waals surface area contributed by atoms with E-state index in [4.69, 9.17) is 0 Å². The van der Waals surface area contributed by atoms with Crippen molar-refractivity contribution in [2.24, 2.45) is 0 Å². The number of benzene rings is 2. The van der Waals surface area contributed by atoms with Crippen LogP contribution in [0, 0.1) is 6.92 Å². The maximum atomic E-state index is 12.8. The van der Waals surface area contributed by atoms with Crippen molar-refractivity contribution in [2.45, 2.75) is 24.7 Å². The molecule has 0 aliphatic carbocycles. The Labute approximate surface area is 131 Å². The smallest absolute Gasteiger partial charge is 0.204 e. The Morgan fingerprint density at radius 1 is 0.955 bits per heavy atom. The predicted octanol–water partition coefficient (Wildman–Crippen LogP) is 3.91. The first-order chi connectivity index (χ1) is 10.6. The first-order valence-electron chi connectivity index (χ1n) is 7.41. The maximum Gasteiger partial charge on any atom is 0.204 e. The van der Waals surface area contributed by atoms with Gasteiger partial charge in [0.2, 0.25) is 9.84 Å². The summed E-state index contributed by atoms with van der Waals surface area (Å²) in [6.45, 7) is 2.80. The van der Waals surface area contributed by atoms with Crippen LogP contribution < -0.4 is 4.90 Å². The topological polar surface area (TPSA) is 37.4 Å². The second-order valence-electron chi connectivity index (χ2n) is 5.54. The van der Waals surface area contributed by atoms with Crippen LogP contribution in [0.1, 0.15) is 18.4 Å². The van der Waals surface area contributed by atoms with Gasteiger partial charge in [-0.2, -0.15) is 0 Å². The summed E-state index contributed by atoms with van der Waals surface area (Å²) < 4.78 is 25.6. The highest BCUT2D eigenvalue weighted by Crippen LogP contribution is 2.29. The summed E-state index contributed by atoms with van der Waals surface area (Å²) in [7, 11) is -3.40. The summed E-state index contributed by atoms with van der Waals surface area (Å²) in [5.41, 5.74) is 2.08. The van der Waals surface area contributed by atoms with Crippen molar-refractivity contribution in [3.8, 4) is 0 Å². The van der Waals surface area contributed by atoms with Crippen LogP contribution in [0.5, 0.6) is 0 Å². The zero-order chi connectivity index (χ0) is 15.6. The Bertz CT molecular complexity index is 778. The highest BCUT2D eigenvalue weighted by molar-refractivity contribution is 7.95. The largest absolute Gasteiger partial charge is 0.347 e. The molecule has 0 unspecified atom stereocenters. The van der Waals surface area contributed by atoms with Crippen LogP contribution >= 0.6 is 0 Å². The molecule has 3 rings (SSSR count). The van der Waals surface area contributed by atoms with Crippen molar-refractivity contribution in [1.82, 2.24) is 0 Å². The summed E-state index contributed by atoms with van der Waals surface area (Å²) in [4.78, 5) is 2.88. The lowest BCUT2D eigenvalue weighted by Crippen LogP contribution is -2.24. The first kappa shape index (κ1) is 14.9. The monoisotopic (exact) mass is 313 g/mol. The van der Waals surface area contributed by atoms with Crippen molar-refractivity contribution < 1.29 is 8.42 Å². The number of hydrogen-bond acceptors (Lipinski definition) is 3. The standard InChI is InChI=1S/C18H19NO2S/c1-15-9-11-17(12-10-15)22(20,21)18-8-5-13-19(14-18)16-6-3-2-4-7-16/h2-4,6-7,9-12,14H,5,8,13H2,1H3. The van der Waals surface area contributed by atoms with Crippen LogP contribution in [-0.2, 0) is 9.84 Å². The molecule has 4 heteroatoms. The number of hydrogen-bond donors (Lipinski definition) is 0. The van der Waals surface area contributed by atoms with Crippen molar-refractivity contribution >= 4 is 15.5 Å². The van der Waals surface area contributed by atoms with Crippen molar-refractivity contribution in [1.29, 1.82) is 0 Å². The van der Waals surface area contributed by atoms with Gasteiger partial charge in [0.25, 0.3) is 0 Å². The average molecular weight is 313 g/mol. The highest BCUT2D eigenvalue weighted by Gasteiger charge is 2.24. The summed E-state index contributed by atoms with van der Waals surface area (Å²) in [5.74, 6) is 0. The molecule has 0 saturated heterocycles. The van der Waals surface area contributed by atoms with E-state index in [0.717, 1.165) is 24.2 Å². The van der Waals surface area contributed by atoms with Gasteiger partial charge < -0.3 is 4.90 Å². The van der Waals surface area contributed by atoms with Gasteiger partial charge in [0.05, 0.1) is 9.80 Å². The maximum absolute atomic E-state index is 12.8. The summed E-state index contributed by atoms with van der Waals surface area (Å²) >= 11 is 0. The Hall–Kier alpha value is -2.07. The molecule has 2 aromatic rings. The van der Waals surface area contributed by atoms with Crippen LogP contribution in [0.4, 0.5) is 5.69 Å². The molecule has 0 spiro atoms. The highest BCUT2D eigenvalue weighted by atomic mass is 32.2. The third-order valence-corrected chi connectivity index (χ3v) is 5.78. The zero-order valence-corrected chi connectivity index (χ0v) is 13.4. The van der Waals surface area contributed by atoms with Gasteiger partial charge in [-0.05, 0) is 44.0 Å². The third-order valence-electron chi connectivity index (χ3n) is 3.89. The van der Waals surface area contributed by atoms with Gasteiger partial charge in [-0.1, -0.05) is 35.9 Å². The molecule has 0 bridgehead atoms. The molecule has 0 amide bonds. The normalized spacial score (nSPS) is 15.5. The van der Waals surface area contributed by atoms with Gasteiger partial charge in [-0.3, -0.25) is 0 Å². The molecule has 3 nitrogen and oxygen atoms in total. The molecular formula is C18H19NO2S. The lowest BCUT2D eigenvalue weighted by Gasteiger charge is -2.26. The van der Waals surface area contributed by atoms with Crippen LogP contribution in [0.25, 0.3) is 0 Å². The molecule has 1 aliphatic heterocycles. The summed E-state index contributed by atoms with van der Waals surface area (Å²) in [5, 5.41) is 0. The lowest BCUT2D eigenvalue weighted by molar-refractivity contribution is 0.597. The Kier molecular flexibility index (Phi) is 4.03. The van der Waals surface area contributed by atoms with E-state index in [0.29, 0.717) is 16.2 Å². The molecule has 22 heavy (non-hydrogen) atoms. The first-order valence-corrected chi connectivity index (χ1v) is 8.90. The van der Waals surface area contributed by atoms with E-state index in [1.807, 2.05) is 54.3 Å². The van der Waals surface area contributed by atoms with Crippen molar-refractivity contribution in [2.75, 3.05) is 11.4 Å². The number of allylic oxidation sites excluding steroid dienone is 1. The molecule has 0 fully saturated rings. The number of anilines is 1. The predicted molar refractivity (Wildman–Crippen MR) is 89.5 cm³/mol. The van der Waals surface area contributed by atoms with E-state index in [9.17, 15) is 8.42 Å². The fraction of sp³-hybridized carbons (Fsp3) is 0.222. The number of aryl methyl sites for hydroxylation is 1. The van der Waals surface area contributed by atoms with E-state index >= 15 is 0 Å². The van der Waals surface area contributed by atoms with E-state index in [1.54, 1.807) is 18.3 Å². The average Bonchev–Trinajstić information content (AvgIpc) is 2.56. The Morgan fingerprint density at radius 3 is 2.32 bits per heavy atom. The molecular weight excluding hydrogens is 294 g/mol. The van der Waals surface area contributed by atoms with Crippen LogP contribution in [0.15, 0.2) is 70.6 Å². The number of para-hydroxylation sites is 1. The fourth-order valence-corrected chi connectivity index (χ4v) is 4.10. The molecule has 0 aromatic heterocycles. The molecule has 0 atom stereocenters. The molecule has 114 valence electrons. The quantitative estimate of drug-likeness (QED) is 0.862. The molecule has 1 heterocycles. The minimum absolute atomic E-state index is 0.374. The van der Waals surface area contributed by atoms with Crippen molar-refractivity contribution in [3.63, 3.8) is 0 Å². The minimum atomic E-state index is -3.40. The van der Waals surface area contributed by atoms with Gasteiger partial charge in [0.15, 0.2) is 0 Å². The number of sulfone groups is 1. The molecule has 1 aliphatic rings. The molecule has 0 radical (unpaired) electrons. The van der Waals surface area contributed by atoms with Gasteiger partial charge in [-0.15, -0.1) is 0 Å². The summed E-state index contributed by atoms with van der Waals surface area (Å²) in [6, 6.07) is 16.9. The number of rotatable bonds is 3. The number of nitrogens with zero attached hydrogens (tertiary/aromatic N) is 1. The van der Waals surface area contributed by atoms with E-state index in [1.165, 1.54) is 0 Å². The van der Waals surface area contributed by atoms with Crippen LogP contribution in [0.3, 0.4) is 0 Å². The van der Waals surface area contributed by atoms with Gasteiger partial charge in [-0.25, -0.2) is 8.42 Å². The van der Waals surface area contributed by atoms with E-state index < -0.39 is 9.84 Å². The van der Waals surface area contributed by atoms with Crippen LogP contribution in [-0.4, -0.2) is 15.0 Å². The van der Waals surface area contributed by atoms with E-state index in [2.05, 4.69) is 0 Å². The minimum Gasteiger partial charge on any atom is -0.347 e. The van der Waals surface area contributed by atoms with Gasteiger partial charge in [0.1, 0.15) is 0 Å². The lowest BCUT2D eigenvalue weighted by atomic mass is 10.2. The van der Waals surface area contributed by atoms with E-state index in [-0.39, 0.29) is 0 Å².